The molecule has 2 heteroatoms. The van der Waals surface area contributed by atoms with E-state index in [0.29, 0.717) is 5.92 Å². The maximum atomic E-state index is 8.83. The van der Waals surface area contributed by atoms with E-state index in [0.717, 1.165) is 18.7 Å². The van der Waals surface area contributed by atoms with E-state index in [2.05, 4.69) is 44.7 Å². The Morgan fingerprint density at radius 1 is 1.38 bits per heavy atom. The summed E-state index contributed by atoms with van der Waals surface area (Å²) in [5.41, 5.74) is 3.17. The summed E-state index contributed by atoms with van der Waals surface area (Å²) in [6.45, 7) is 10.7. The zero-order chi connectivity index (χ0) is 12.1. The van der Waals surface area contributed by atoms with Gasteiger partial charge in [0.25, 0.3) is 0 Å². The van der Waals surface area contributed by atoms with Gasteiger partial charge >= 0.3 is 0 Å². The number of nitrogens with zero attached hydrogens (tertiary/aromatic N) is 2. The van der Waals surface area contributed by atoms with Crippen LogP contribution >= 0.6 is 0 Å². The van der Waals surface area contributed by atoms with E-state index in [1.54, 1.807) is 0 Å². The van der Waals surface area contributed by atoms with Crippen molar-refractivity contribution in [3.05, 3.63) is 29.3 Å². The van der Waals surface area contributed by atoms with Gasteiger partial charge in [0.15, 0.2) is 0 Å². The molecule has 0 atom stereocenters. The van der Waals surface area contributed by atoms with Crippen molar-refractivity contribution >= 4 is 5.69 Å². The highest BCUT2D eigenvalue weighted by Crippen LogP contribution is 2.21. The first-order valence-electron chi connectivity index (χ1n) is 5.84. The molecular formula is C14H20N2. The molecule has 0 saturated carbocycles. The molecule has 1 aromatic carbocycles. The first-order chi connectivity index (χ1) is 7.58. The van der Waals surface area contributed by atoms with Crippen molar-refractivity contribution in [2.45, 2.75) is 27.7 Å². The summed E-state index contributed by atoms with van der Waals surface area (Å²) in [7, 11) is 0. The van der Waals surface area contributed by atoms with E-state index in [1.165, 1.54) is 11.3 Å². The third-order valence-electron chi connectivity index (χ3n) is 2.63. The smallest absolute Gasteiger partial charge is 0.0991 e. The highest BCUT2D eigenvalue weighted by atomic mass is 15.1. The summed E-state index contributed by atoms with van der Waals surface area (Å²) in [5.74, 6) is 0.648. The summed E-state index contributed by atoms with van der Waals surface area (Å²) in [4.78, 5) is 2.36. The predicted molar refractivity (Wildman–Crippen MR) is 68.6 cm³/mol. The van der Waals surface area contributed by atoms with Gasteiger partial charge in [0.2, 0.25) is 0 Å². The second-order valence-corrected chi connectivity index (χ2v) is 4.55. The number of hydrogen-bond donors (Lipinski definition) is 0. The Morgan fingerprint density at radius 3 is 2.50 bits per heavy atom. The lowest BCUT2D eigenvalue weighted by Gasteiger charge is -2.26. The predicted octanol–water partition coefficient (Wildman–Crippen LogP) is 3.35. The van der Waals surface area contributed by atoms with Gasteiger partial charge in [-0.2, -0.15) is 5.26 Å². The maximum absolute atomic E-state index is 8.83. The van der Waals surface area contributed by atoms with Crippen molar-refractivity contribution in [2.24, 2.45) is 5.92 Å². The summed E-state index contributed by atoms with van der Waals surface area (Å²) < 4.78 is 0. The molecule has 0 aliphatic rings. The average Bonchev–Trinajstić information content (AvgIpc) is 2.25. The molecule has 0 spiro atoms. The van der Waals surface area contributed by atoms with Crippen LogP contribution in [0, 0.1) is 24.2 Å². The molecule has 0 amide bonds. The third kappa shape index (κ3) is 3.00. The van der Waals surface area contributed by atoms with Crippen LogP contribution in [0.1, 0.15) is 31.9 Å². The van der Waals surface area contributed by atoms with Gasteiger partial charge in [-0.05, 0) is 43.5 Å². The van der Waals surface area contributed by atoms with Crippen LogP contribution in [0.4, 0.5) is 5.69 Å². The van der Waals surface area contributed by atoms with E-state index in [9.17, 15) is 0 Å². The van der Waals surface area contributed by atoms with Crippen molar-refractivity contribution < 1.29 is 0 Å². The molecule has 0 unspecified atom stereocenters. The van der Waals surface area contributed by atoms with Gasteiger partial charge in [-0.25, -0.2) is 0 Å². The number of nitriles is 1. The highest BCUT2D eigenvalue weighted by molar-refractivity contribution is 5.56. The molecule has 0 saturated heterocycles. The fourth-order valence-electron chi connectivity index (χ4n) is 1.92. The number of hydrogen-bond acceptors (Lipinski definition) is 2. The van der Waals surface area contributed by atoms with Crippen LogP contribution in [-0.4, -0.2) is 13.1 Å². The van der Waals surface area contributed by atoms with Crippen molar-refractivity contribution in [2.75, 3.05) is 18.0 Å². The van der Waals surface area contributed by atoms with Crippen molar-refractivity contribution in [3.8, 4) is 6.07 Å². The summed E-state index contributed by atoms with van der Waals surface area (Å²) in [6, 6.07) is 8.08. The van der Waals surface area contributed by atoms with Crippen LogP contribution in [-0.2, 0) is 0 Å². The summed E-state index contributed by atoms with van der Waals surface area (Å²) in [6.07, 6.45) is 0. The molecule has 2 nitrogen and oxygen atoms in total. The van der Waals surface area contributed by atoms with Crippen LogP contribution < -0.4 is 4.90 Å². The molecule has 16 heavy (non-hydrogen) atoms. The standard InChI is InChI=1S/C14H20N2/c1-5-16(10-11(2)3)14-7-6-13(9-15)8-12(14)4/h6-8,11H,5,10H2,1-4H3. The van der Waals surface area contributed by atoms with Gasteiger partial charge in [-0.1, -0.05) is 13.8 Å². The molecule has 86 valence electrons. The molecular weight excluding hydrogens is 196 g/mol. The monoisotopic (exact) mass is 216 g/mol. The molecule has 0 radical (unpaired) electrons. The second-order valence-electron chi connectivity index (χ2n) is 4.55. The lowest BCUT2D eigenvalue weighted by Crippen LogP contribution is -2.27. The van der Waals surface area contributed by atoms with Gasteiger partial charge in [0.1, 0.15) is 0 Å². The molecule has 0 aromatic heterocycles. The summed E-state index contributed by atoms with van der Waals surface area (Å²) in [5, 5.41) is 8.83. The minimum atomic E-state index is 0.648. The first kappa shape index (κ1) is 12.6. The molecule has 1 aromatic rings. The van der Waals surface area contributed by atoms with Crippen LogP contribution in [0.3, 0.4) is 0 Å². The SMILES string of the molecule is CCN(CC(C)C)c1ccc(C#N)cc1C. The fourth-order valence-corrected chi connectivity index (χ4v) is 1.92. The van der Waals surface area contributed by atoms with Crippen molar-refractivity contribution in [3.63, 3.8) is 0 Å². The largest absolute Gasteiger partial charge is 0.371 e. The summed E-state index contributed by atoms with van der Waals surface area (Å²) >= 11 is 0. The number of rotatable bonds is 4. The lowest BCUT2D eigenvalue weighted by molar-refractivity contribution is 0.618. The second kappa shape index (κ2) is 5.55. The van der Waals surface area contributed by atoms with Crippen LogP contribution in [0.5, 0.6) is 0 Å². The third-order valence-corrected chi connectivity index (χ3v) is 2.63. The fraction of sp³-hybridized carbons (Fsp3) is 0.500. The number of anilines is 1. The van der Waals surface area contributed by atoms with Crippen molar-refractivity contribution in [1.29, 1.82) is 5.26 Å². The van der Waals surface area contributed by atoms with Gasteiger partial charge < -0.3 is 4.90 Å². The zero-order valence-electron chi connectivity index (χ0n) is 10.6. The molecule has 0 heterocycles. The molecule has 0 bridgehead atoms. The van der Waals surface area contributed by atoms with Gasteiger partial charge in [0, 0.05) is 18.8 Å². The Bertz CT molecular complexity index is 388. The minimum absolute atomic E-state index is 0.648. The Morgan fingerprint density at radius 2 is 2.06 bits per heavy atom. The molecule has 1 rings (SSSR count). The molecule has 0 aliphatic carbocycles. The van der Waals surface area contributed by atoms with Gasteiger partial charge in [0.05, 0.1) is 11.6 Å². The normalized spacial score (nSPS) is 10.2. The zero-order valence-corrected chi connectivity index (χ0v) is 10.6. The minimum Gasteiger partial charge on any atom is -0.371 e. The Labute approximate surface area is 98.5 Å². The van der Waals surface area contributed by atoms with Crippen LogP contribution in [0.15, 0.2) is 18.2 Å². The molecule has 0 N–H and O–H groups in total. The highest BCUT2D eigenvalue weighted by Gasteiger charge is 2.09. The molecule has 0 fully saturated rings. The van der Waals surface area contributed by atoms with E-state index in [-0.39, 0.29) is 0 Å². The Balaban J connectivity index is 2.98. The van der Waals surface area contributed by atoms with E-state index < -0.39 is 0 Å². The first-order valence-corrected chi connectivity index (χ1v) is 5.84. The Kier molecular flexibility index (Phi) is 4.37. The number of benzene rings is 1. The topological polar surface area (TPSA) is 27.0 Å². The van der Waals surface area contributed by atoms with E-state index in [4.69, 9.17) is 5.26 Å². The van der Waals surface area contributed by atoms with Crippen LogP contribution in [0.25, 0.3) is 0 Å². The van der Waals surface area contributed by atoms with Crippen molar-refractivity contribution in [1.82, 2.24) is 0 Å². The maximum Gasteiger partial charge on any atom is 0.0991 e. The van der Waals surface area contributed by atoms with Gasteiger partial charge in [-0.15, -0.1) is 0 Å². The Hall–Kier alpha value is -1.49. The van der Waals surface area contributed by atoms with E-state index in [1.807, 2.05) is 12.1 Å². The quantitative estimate of drug-likeness (QED) is 0.771. The average molecular weight is 216 g/mol. The van der Waals surface area contributed by atoms with Crippen LogP contribution in [0.2, 0.25) is 0 Å². The lowest BCUT2D eigenvalue weighted by atomic mass is 10.1. The molecule has 0 aliphatic heterocycles. The number of aryl methyl sites for hydroxylation is 1. The van der Waals surface area contributed by atoms with E-state index >= 15 is 0 Å². The van der Waals surface area contributed by atoms with Gasteiger partial charge in [-0.3, -0.25) is 0 Å².